The Morgan fingerprint density at radius 2 is 2.58 bits per heavy atom. The fraction of sp³-hybridized carbons (Fsp3) is 0.500. The van der Waals surface area contributed by atoms with E-state index in [0.29, 0.717) is 6.42 Å². The van der Waals surface area contributed by atoms with Crippen LogP contribution < -0.4 is 5.32 Å². The molecule has 0 amide bonds. The lowest BCUT2D eigenvalue weighted by Crippen LogP contribution is -2.17. The van der Waals surface area contributed by atoms with E-state index in [-0.39, 0.29) is 5.25 Å². The zero-order valence-electron chi connectivity index (χ0n) is 6.99. The van der Waals surface area contributed by atoms with Crippen molar-refractivity contribution in [1.29, 1.82) is 0 Å². The van der Waals surface area contributed by atoms with Gasteiger partial charge in [0.05, 0.1) is 5.25 Å². The van der Waals surface area contributed by atoms with Crippen LogP contribution in [0.3, 0.4) is 0 Å². The molecule has 1 aliphatic rings. The molecule has 1 rings (SSSR count). The fourth-order valence-corrected chi connectivity index (χ4v) is 1.75. The number of hydrogen-bond acceptors (Lipinski definition) is 2. The molecule has 1 unspecified atom stereocenters. The highest BCUT2D eigenvalue weighted by Crippen LogP contribution is 2.13. The van der Waals surface area contributed by atoms with Crippen molar-refractivity contribution in [1.82, 2.24) is 5.32 Å². The van der Waals surface area contributed by atoms with E-state index in [4.69, 9.17) is 4.55 Å². The number of allylic oxidation sites excluding steroid dienone is 1. The molecule has 0 saturated carbocycles. The molecule has 0 aromatic heterocycles. The Morgan fingerprint density at radius 3 is 3.17 bits per heavy atom. The van der Waals surface area contributed by atoms with Crippen molar-refractivity contribution in [2.24, 2.45) is 0 Å². The summed E-state index contributed by atoms with van der Waals surface area (Å²) in [5.41, 5.74) is 1.08. The van der Waals surface area contributed by atoms with Crippen LogP contribution >= 0.6 is 0 Å². The van der Waals surface area contributed by atoms with Crippen molar-refractivity contribution in [3.8, 4) is 0 Å². The van der Waals surface area contributed by atoms with Gasteiger partial charge in [0.2, 0.25) is 0 Å². The van der Waals surface area contributed by atoms with Crippen LogP contribution in [0.1, 0.15) is 6.42 Å². The van der Waals surface area contributed by atoms with Crippen LogP contribution in [-0.2, 0) is 11.1 Å². The van der Waals surface area contributed by atoms with Gasteiger partial charge in [0, 0.05) is 6.54 Å². The normalized spacial score (nSPS) is 25.2. The van der Waals surface area contributed by atoms with Gasteiger partial charge in [-0.25, -0.2) is 4.21 Å². The Morgan fingerprint density at radius 1 is 1.83 bits per heavy atom. The van der Waals surface area contributed by atoms with Gasteiger partial charge in [-0.05, 0) is 19.0 Å². The molecule has 0 spiro atoms. The summed E-state index contributed by atoms with van der Waals surface area (Å²) in [5.74, 6) is 0. The van der Waals surface area contributed by atoms with Gasteiger partial charge in [0.15, 0.2) is 11.1 Å². The molecular weight excluding hydrogens is 174 g/mol. The predicted octanol–water partition coefficient (Wildman–Crippen LogP) is 0.682. The predicted molar refractivity (Wildman–Crippen MR) is 50.3 cm³/mol. The summed E-state index contributed by atoms with van der Waals surface area (Å²) in [7, 11) is 1.86. The zero-order chi connectivity index (χ0) is 8.97. The van der Waals surface area contributed by atoms with E-state index in [1.807, 2.05) is 25.3 Å². The van der Waals surface area contributed by atoms with Crippen molar-refractivity contribution in [3.63, 3.8) is 0 Å². The molecule has 2 atom stereocenters. The number of rotatable bonds is 3. The van der Waals surface area contributed by atoms with Gasteiger partial charge >= 0.3 is 0 Å². The zero-order valence-corrected chi connectivity index (χ0v) is 7.80. The maximum Gasteiger partial charge on any atom is 0.160 e. The van der Waals surface area contributed by atoms with Crippen molar-refractivity contribution in [2.75, 3.05) is 13.6 Å². The molecule has 0 fully saturated rings. The first-order valence-corrected chi connectivity index (χ1v) is 5.02. The first-order valence-electron chi connectivity index (χ1n) is 3.85. The van der Waals surface area contributed by atoms with E-state index in [2.05, 4.69) is 5.32 Å². The average molecular weight is 187 g/mol. The second-order valence-electron chi connectivity index (χ2n) is 2.72. The second kappa shape index (κ2) is 4.54. The molecule has 0 aromatic carbocycles. The van der Waals surface area contributed by atoms with E-state index in [1.165, 1.54) is 0 Å². The lowest BCUT2D eigenvalue weighted by molar-refractivity contribution is 0.555. The molecule has 12 heavy (non-hydrogen) atoms. The van der Waals surface area contributed by atoms with Crippen LogP contribution in [0.15, 0.2) is 23.8 Å². The van der Waals surface area contributed by atoms with Gasteiger partial charge in [-0.3, -0.25) is 0 Å². The smallest absolute Gasteiger partial charge is 0.160 e. The number of hydrogen-bond donors (Lipinski definition) is 2. The van der Waals surface area contributed by atoms with E-state index in [1.54, 1.807) is 0 Å². The van der Waals surface area contributed by atoms with Crippen LogP contribution in [-0.4, -0.2) is 27.6 Å². The minimum absolute atomic E-state index is 0.224. The largest absolute Gasteiger partial charge is 0.316 e. The van der Waals surface area contributed by atoms with Crippen molar-refractivity contribution >= 4 is 11.1 Å². The summed E-state index contributed by atoms with van der Waals surface area (Å²) in [4.78, 5) is 0. The Bertz CT molecular complexity index is 235. The highest BCUT2D eigenvalue weighted by atomic mass is 32.2. The summed E-state index contributed by atoms with van der Waals surface area (Å²) >= 11 is -1.73. The van der Waals surface area contributed by atoms with Crippen molar-refractivity contribution in [2.45, 2.75) is 11.7 Å². The number of likely N-dealkylation sites (N-methyl/N-ethyl adjacent to an activating group) is 1. The third kappa shape index (κ3) is 2.55. The van der Waals surface area contributed by atoms with Crippen LogP contribution in [0.2, 0.25) is 0 Å². The Labute approximate surface area is 74.8 Å². The average Bonchev–Trinajstić information content (AvgIpc) is 2.05. The Balaban J connectivity index is 2.62. The van der Waals surface area contributed by atoms with Gasteiger partial charge in [-0.2, -0.15) is 0 Å². The lowest BCUT2D eigenvalue weighted by Gasteiger charge is -2.12. The van der Waals surface area contributed by atoms with Crippen LogP contribution in [0.5, 0.6) is 0 Å². The summed E-state index contributed by atoms with van der Waals surface area (Å²) in [6, 6.07) is 0. The van der Waals surface area contributed by atoms with E-state index < -0.39 is 11.1 Å². The quantitative estimate of drug-likeness (QED) is 0.639. The highest BCUT2D eigenvalue weighted by molar-refractivity contribution is 7.80. The molecule has 0 heterocycles. The van der Waals surface area contributed by atoms with Gasteiger partial charge in [0.1, 0.15) is 0 Å². The van der Waals surface area contributed by atoms with E-state index in [0.717, 1.165) is 12.1 Å². The molecule has 0 aromatic rings. The molecule has 2 N–H and O–H groups in total. The van der Waals surface area contributed by atoms with Crippen molar-refractivity contribution < 1.29 is 8.76 Å². The van der Waals surface area contributed by atoms with Crippen LogP contribution in [0.25, 0.3) is 0 Å². The fourth-order valence-electron chi connectivity index (χ4n) is 1.18. The maximum absolute atomic E-state index is 10.7. The van der Waals surface area contributed by atoms with Gasteiger partial charge in [-0.15, -0.1) is 0 Å². The molecule has 0 aliphatic heterocycles. The molecule has 0 bridgehead atoms. The van der Waals surface area contributed by atoms with Gasteiger partial charge in [-0.1, -0.05) is 18.2 Å². The van der Waals surface area contributed by atoms with E-state index >= 15 is 0 Å². The summed E-state index contributed by atoms with van der Waals surface area (Å²) in [5, 5.41) is 2.77. The third-order valence-electron chi connectivity index (χ3n) is 1.74. The molecule has 0 saturated heterocycles. The summed E-state index contributed by atoms with van der Waals surface area (Å²) in [6.07, 6.45) is 6.44. The highest BCUT2D eigenvalue weighted by Gasteiger charge is 2.13. The van der Waals surface area contributed by atoms with Crippen molar-refractivity contribution in [3.05, 3.63) is 23.8 Å². The second-order valence-corrected chi connectivity index (χ2v) is 3.88. The van der Waals surface area contributed by atoms with Crippen LogP contribution in [0.4, 0.5) is 0 Å². The molecule has 0 radical (unpaired) electrons. The Kier molecular flexibility index (Phi) is 3.65. The van der Waals surface area contributed by atoms with Gasteiger partial charge < -0.3 is 9.87 Å². The molecule has 4 heteroatoms. The van der Waals surface area contributed by atoms with Gasteiger partial charge in [0.25, 0.3) is 0 Å². The lowest BCUT2D eigenvalue weighted by atomic mass is 10.1. The monoisotopic (exact) mass is 187 g/mol. The first kappa shape index (κ1) is 9.64. The number of nitrogens with one attached hydrogen (secondary N) is 1. The Hall–Kier alpha value is -0.450. The molecule has 68 valence electrons. The molecular formula is C8H13NO2S. The minimum Gasteiger partial charge on any atom is -0.316 e. The summed E-state index contributed by atoms with van der Waals surface area (Å²) < 4.78 is 19.6. The molecule has 1 aliphatic carbocycles. The molecule has 3 nitrogen and oxygen atoms in total. The minimum atomic E-state index is -1.73. The summed E-state index contributed by atoms with van der Waals surface area (Å²) in [6.45, 7) is 0.754. The first-order chi connectivity index (χ1) is 5.74. The van der Waals surface area contributed by atoms with E-state index in [9.17, 15) is 4.21 Å². The van der Waals surface area contributed by atoms with Crippen LogP contribution in [0, 0.1) is 0 Å². The topological polar surface area (TPSA) is 49.3 Å². The standard InChI is InChI=1S/C8H13NO2S/c1-9-6-7-3-2-4-8(5-7)12(10)11/h2-3,5,8-9H,4,6H2,1H3,(H,10,11)/t8-/m0/s1. The maximum atomic E-state index is 10.7. The SMILES string of the molecule is CNCC1=C[C@@H](S(=O)O)CC=C1. The third-order valence-corrected chi connectivity index (χ3v) is 2.59.